The third-order valence-corrected chi connectivity index (χ3v) is 5.23. The second kappa shape index (κ2) is 9.02. The number of nitrogens with one attached hydrogen (secondary N) is 2. The van der Waals surface area contributed by atoms with Crippen LogP contribution < -0.4 is 10.6 Å². The number of guanidine groups is 1. The second-order valence-corrected chi connectivity index (χ2v) is 7.99. The predicted octanol–water partition coefficient (Wildman–Crippen LogP) is 3.54. The van der Waals surface area contributed by atoms with E-state index in [1.807, 2.05) is 23.0 Å². The minimum atomic E-state index is 0.454. The Morgan fingerprint density at radius 2 is 2.15 bits per heavy atom. The van der Waals surface area contributed by atoms with E-state index in [0.29, 0.717) is 12.0 Å². The van der Waals surface area contributed by atoms with E-state index in [1.165, 1.54) is 25.7 Å². The van der Waals surface area contributed by atoms with Crippen molar-refractivity contribution in [3.63, 3.8) is 0 Å². The molecule has 2 N–H and O–H groups in total. The van der Waals surface area contributed by atoms with Crippen molar-refractivity contribution in [2.75, 3.05) is 13.1 Å². The Morgan fingerprint density at radius 3 is 2.78 bits per heavy atom. The molecule has 0 amide bonds. The van der Waals surface area contributed by atoms with Crippen molar-refractivity contribution >= 4 is 5.96 Å². The van der Waals surface area contributed by atoms with Crippen LogP contribution in [0.4, 0.5) is 0 Å². The van der Waals surface area contributed by atoms with Crippen LogP contribution in [0, 0.1) is 11.3 Å². The predicted molar refractivity (Wildman–Crippen MR) is 110 cm³/mol. The Hall–Kier alpha value is -2.37. The van der Waals surface area contributed by atoms with Gasteiger partial charge in [-0.15, -0.1) is 0 Å². The van der Waals surface area contributed by atoms with Crippen LogP contribution in [0.25, 0.3) is 5.82 Å². The molecule has 2 aromatic heterocycles. The van der Waals surface area contributed by atoms with E-state index in [2.05, 4.69) is 47.4 Å². The molecule has 0 saturated heterocycles. The number of hydrogen-bond donors (Lipinski definition) is 2. The van der Waals surface area contributed by atoms with E-state index in [0.717, 1.165) is 36.3 Å². The van der Waals surface area contributed by atoms with Gasteiger partial charge in [-0.3, -0.25) is 4.57 Å². The number of rotatable bonds is 8. The molecule has 6 nitrogen and oxygen atoms in total. The number of aromatic nitrogens is 3. The summed E-state index contributed by atoms with van der Waals surface area (Å²) in [6, 6.07) is 4.07. The third kappa shape index (κ3) is 5.31. The van der Waals surface area contributed by atoms with Gasteiger partial charge in [0.1, 0.15) is 12.1 Å². The highest BCUT2D eigenvalue weighted by Crippen LogP contribution is 2.45. The molecule has 0 bridgehead atoms. The van der Waals surface area contributed by atoms with Gasteiger partial charge in [0.25, 0.3) is 0 Å². The minimum Gasteiger partial charge on any atom is -0.357 e. The molecule has 0 atom stereocenters. The standard InChI is InChI=1S/C21H32N6/c1-4-23-20(26-15-21(7-5-8-21)13-17(2)3)25-14-18-6-9-24-19(12-18)27-11-10-22-16-27/h6,9-12,16-17H,4-5,7-8,13-15H2,1-3H3,(H2,23,25,26). The minimum absolute atomic E-state index is 0.454. The van der Waals surface area contributed by atoms with Gasteiger partial charge in [0.15, 0.2) is 5.96 Å². The average Bonchev–Trinajstić information content (AvgIpc) is 3.16. The highest BCUT2D eigenvalue weighted by molar-refractivity contribution is 5.79. The first kappa shape index (κ1) is 19.4. The Morgan fingerprint density at radius 1 is 1.30 bits per heavy atom. The van der Waals surface area contributed by atoms with Gasteiger partial charge in [-0.1, -0.05) is 20.3 Å². The van der Waals surface area contributed by atoms with E-state index in [-0.39, 0.29) is 0 Å². The van der Waals surface area contributed by atoms with Crippen molar-refractivity contribution in [2.24, 2.45) is 16.3 Å². The van der Waals surface area contributed by atoms with Gasteiger partial charge < -0.3 is 10.6 Å². The van der Waals surface area contributed by atoms with E-state index < -0.39 is 0 Å². The summed E-state index contributed by atoms with van der Waals surface area (Å²) in [5.74, 6) is 2.50. The molecule has 1 aliphatic rings. The molecule has 146 valence electrons. The SMILES string of the molecule is CCNC(=NCc1ccnc(-n2ccnc2)c1)NCC1(CC(C)C)CCC1. The van der Waals surface area contributed by atoms with E-state index >= 15 is 0 Å². The molecule has 27 heavy (non-hydrogen) atoms. The zero-order valence-electron chi connectivity index (χ0n) is 16.8. The molecule has 1 fully saturated rings. The number of nitrogens with zero attached hydrogens (tertiary/aromatic N) is 4. The fraction of sp³-hybridized carbons (Fsp3) is 0.571. The van der Waals surface area contributed by atoms with E-state index in [1.54, 1.807) is 12.5 Å². The van der Waals surface area contributed by atoms with E-state index in [9.17, 15) is 0 Å². The number of hydrogen-bond acceptors (Lipinski definition) is 3. The normalized spacial score (nSPS) is 16.2. The lowest BCUT2D eigenvalue weighted by Gasteiger charge is -2.43. The molecule has 0 unspecified atom stereocenters. The lowest BCUT2D eigenvalue weighted by Crippen LogP contribution is -2.47. The topological polar surface area (TPSA) is 67.1 Å². The van der Waals surface area contributed by atoms with Gasteiger partial charge >= 0.3 is 0 Å². The van der Waals surface area contributed by atoms with Crippen molar-refractivity contribution in [1.29, 1.82) is 0 Å². The summed E-state index contributed by atoms with van der Waals surface area (Å²) in [6.07, 6.45) is 12.5. The Kier molecular flexibility index (Phi) is 6.48. The van der Waals surface area contributed by atoms with Gasteiger partial charge in [-0.05, 0) is 55.2 Å². The molecule has 0 aliphatic heterocycles. The quantitative estimate of drug-likeness (QED) is 0.552. The Labute approximate surface area is 162 Å². The first-order valence-electron chi connectivity index (χ1n) is 10.1. The Bertz CT molecular complexity index is 731. The molecular weight excluding hydrogens is 336 g/mol. The molecule has 1 saturated carbocycles. The number of imidazole rings is 1. The number of pyridine rings is 1. The highest BCUT2D eigenvalue weighted by atomic mass is 15.2. The fourth-order valence-electron chi connectivity index (χ4n) is 3.87. The van der Waals surface area contributed by atoms with Crippen molar-refractivity contribution < 1.29 is 0 Å². The molecule has 0 aromatic carbocycles. The first-order valence-corrected chi connectivity index (χ1v) is 10.1. The molecule has 6 heteroatoms. The molecule has 0 spiro atoms. The average molecular weight is 369 g/mol. The van der Waals surface area contributed by atoms with Crippen LogP contribution in [-0.4, -0.2) is 33.6 Å². The molecule has 0 radical (unpaired) electrons. The Balaban J connectivity index is 1.63. The summed E-state index contributed by atoms with van der Waals surface area (Å²) >= 11 is 0. The van der Waals surface area contributed by atoms with E-state index in [4.69, 9.17) is 4.99 Å². The maximum absolute atomic E-state index is 4.79. The van der Waals surface area contributed by atoms with Crippen LogP contribution in [-0.2, 0) is 6.54 Å². The molecule has 3 rings (SSSR count). The van der Waals surface area contributed by atoms with Gasteiger partial charge in [0.05, 0.1) is 6.54 Å². The lowest BCUT2D eigenvalue weighted by molar-refractivity contribution is 0.104. The summed E-state index contributed by atoms with van der Waals surface area (Å²) < 4.78 is 1.91. The van der Waals surface area contributed by atoms with Gasteiger partial charge in [0.2, 0.25) is 0 Å². The van der Waals surface area contributed by atoms with Crippen LogP contribution in [0.3, 0.4) is 0 Å². The van der Waals surface area contributed by atoms with Crippen LogP contribution in [0.1, 0.15) is 52.0 Å². The third-order valence-electron chi connectivity index (χ3n) is 5.23. The summed E-state index contributed by atoms with van der Waals surface area (Å²) in [5.41, 5.74) is 1.58. The second-order valence-electron chi connectivity index (χ2n) is 7.99. The maximum Gasteiger partial charge on any atom is 0.191 e. The van der Waals surface area contributed by atoms with Crippen molar-refractivity contribution in [3.8, 4) is 5.82 Å². The molecule has 1 aliphatic carbocycles. The summed E-state index contributed by atoms with van der Waals surface area (Å²) in [4.78, 5) is 13.3. The van der Waals surface area contributed by atoms with Crippen LogP contribution in [0.2, 0.25) is 0 Å². The summed E-state index contributed by atoms with van der Waals surface area (Å²) in [5, 5.41) is 6.97. The van der Waals surface area contributed by atoms with Gasteiger partial charge in [0, 0.05) is 31.7 Å². The van der Waals surface area contributed by atoms with Crippen molar-refractivity contribution in [1.82, 2.24) is 25.2 Å². The summed E-state index contributed by atoms with van der Waals surface area (Å²) in [7, 11) is 0. The number of aliphatic imine (C=N–C) groups is 1. The maximum atomic E-state index is 4.79. The van der Waals surface area contributed by atoms with Crippen molar-refractivity contribution in [2.45, 2.75) is 53.0 Å². The smallest absolute Gasteiger partial charge is 0.191 e. The molecular formula is C21H32N6. The zero-order chi connectivity index (χ0) is 19.1. The van der Waals surface area contributed by atoms with Crippen LogP contribution >= 0.6 is 0 Å². The van der Waals surface area contributed by atoms with Gasteiger partial charge in [-0.2, -0.15) is 0 Å². The highest BCUT2D eigenvalue weighted by Gasteiger charge is 2.37. The first-order chi connectivity index (χ1) is 13.1. The summed E-state index contributed by atoms with van der Waals surface area (Å²) in [6.45, 7) is 9.24. The lowest BCUT2D eigenvalue weighted by atomic mass is 9.64. The van der Waals surface area contributed by atoms with Gasteiger partial charge in [-0.25, -0.2) is 15.0 Å². The fourth-order valence-corrected chi connectivity index (χ4v) is 3.87. The monoisotopic (exact) mass is 368 g/mol. The van der Waals surface area contributed by atoms with Crippen molar-refractivity contribution in [3.05, 3.63) is 42.6 Å². The molecule has 2 heterocycles. The largest absolute Gasteiger partial charge is 0.357 e. The van der Waals surface area contributed by atoms with Crippen LogP contribution in [0.15, 0.2) is 42.0 Å². The van der Waals surface area contributed by atoms with Crippen LogP contribution in [0.5, 0.6) is 0 Å². The molecule has 2 aromatic rings. The zero-order valence-corrected chi connectivity index (χ0v) is 16.8.